The van der Waals surface area contributed by atoms with E-state index in [9.17, 15) is 14.0 Å². The molecule has 0 spiro atoms. The summed E-state index contributed by atoms with van der Waals surface area (Å²) in [6.07, 6.45) is 0.654. The fourth-order valence-corrected chi connectivity index (χ4v) is 6.32. The van der Waals surface area contributed by atoms with Crippen molar-refractivity contribution < 1.29 is 9.18 Å². The lowest BCUT2D eigenvalue weighted by Gasteiger charge is -2.13. The molecular formula is C26H20FN3O2S3. The van der Waals surface area contributed by atoms with Gasteiger partial charge in [-0.1, -0.05) is 60.3 Å². The van der Waals surface area contributed by atoms with Gasteiger partial charge in [-0.3, -0.25) is 14.2 Å². The molecule has 0 saturated carbocycles. The summed E-state index contributed by atoms with van der Waals surface area (Å²) >= 11 is 4.18. The minimum Gasteiger partial charge on any atom is -0.323 e. The van der Waals surface area contributed by atoms with Gasteiger partial charge in [-0.15, -0.1) is 22.7 Å². The summed E-state index contributed by atoms with van der Waals surface area (Å²) in [6, 6.07) is 19.9. The van der Waals surface area contributed by atoms with Crippen LogP contribution in [0.5, 0.6) is 0 Å². The SMILES string of the molecule is O=C(CSc1nc2scc(-c3cccs3)c2c(=O)n1CCc1ccccc1)Nc1ccccc1F. The van der Waals surface area contributed by atoms with E-state index >= 15 is 0 Å². The molecule has 0 radical (unpaired) electrons. The molecule has 0 aliphatic rings. The predicted molar refractivity (Wildman–Crippen MR) is 143 cm³/mol. The van der Waals surface area contributed by atoms with Crippen molar-refractivity contribution in [3.05, 3.63) is 99.2 Å². The first-order valence-corrected chi connectivity index (χ1v) is 13.6. The number of aryl methyl sites for hydroxylation is 1. The summed E-state index contributed by atoms with van der Waals surface area (Å²) in [5.74, 6) is -0.861. The van der Waals surface area contributed by atoms with Crippen molar-refractivity contribution in [3.8, 4) is 10.4 Å². The Morgan fingerprint density at radius 1 is 1.03 bits per heavy atom. The third-order valence-corrected chi connectivity index (χ3v) is 8.14. The normalized spacial score (nSPS) is 11.1. The summed E-state index contributed by atoms with van der Waals surface area (Å²) in [7, 11) is 0. The van der Waals surface area contributed by atoms with Crippen LogP contribution >= 0.6 is 34.4 Å². The van der Waals surface area contributed by atoms with Crippen LogP contribution in [0, 0.1) is 5.82 Å². The van der Waals surface area contributed by atoms with E-state index in [1.807, 2.05) is 53.2 Å². The molecular weight excluding hydrogens is 502 g/mol. The van der Waals surface area contributed by atoms with Crippen molar-refractivity contribution in [2.24, 2.45) is 0 Å². The van der Waals surface area contributed by atoms with E-state index in [4.69, 9.17) is 4.98 Å². The van der Waals surface area contributed by atoms with Gasteiger partial charge in [-0.2, -0.15) is 0 Å². The highest BCUT2D eigenvalue weighted by molar-refractivity contribution is 7.99. The van der Waals surface area contributed by atoms with Crippen LogP contribution in [0.3, 0.4) is 0 Å². The van der Waals surface area contributed by atoms with Crippen LogP contribution < -0.4 is 10.9 Å². The Balaban J connectivity index is 1.46. The molecule has 176 valence electrons. The second kappa shape index (κ2) is 10.6. The Labute approximate surface area is 213 Å². The van der Waals surface area contributed by atoms with Gasteiger partial charge in [0.05, 0.1) is 16.8 Å². The minimum absolute atomic E-state index is 0.000769. The number of anilines is 1. The van der Waals surface area contributed by atoms with Crippen molar-refractivity contribution in [3.63, 3.8) is 0 Å². The van der Waals surface area contributed by atoms with Gasteiger partial charge in [0.1, 0.15) is 10.6 Å². The van der Waals surface area contributed by atoms with E-state index in [2.05, 4.69) is 5.32 Å². The molecule has 0 bridgehead atoms. The van der Waals surface area contributed by atoms with E-state index in [0.29, 0.717) is 28.3 Å². The minimum atomic E-state index is -0.496. The molecule has 3 heterocycles. The van der Waals surface area contributed by atoms with Gasteiger partial charge in [0, 0.05) is 22.4 Å². The van der Waals surface area contributed by atoms with Crippen molar-refractivity contribution in [2.75, 3.05) is 11.1 Å². The Morgan fingerprint density at radius 2 is 1.83 bits per heavy atom. The Hall–Kier alpha value is -3.27. The monoisotopic (exact) mass is 521 g/mol. The third kappa shape index (κ3) is 5.22. The molecule has 0 fully saturated rings. The number of thiophene rings is 2. The highest BCUT2D eigenvalue weighted by atomic mass is 32.2. The van der Waals surface area contributed by atoms with E-state index < -0.39 is 5.82 Å². The fraction of sp³-hybridized carbons (Fsp3) is 0.115. The first-order chi connectivity index (χ1) is 17.1. The lowest BCUT2D eigenvalue weighted by molar-refractivity contribution is -0.113. The molecule has 0 aliphatic heterocycles. The smallest absolute Gasteiger partial charge is 0.263 e. The van der Waals surface area contributed by atoms with E-state index in [0.717, 1.165) is 16.0 Å². The quantitative estimate of drug-likeness (QED) is 0.192. The molecule has 35 heavy (non-hydrogen) atoms. The molecule has 1 amide bonds. The van der Waals surface area contributed by atoms with Crippen LogP contribution in [0.25, 0.3) is 20.7 Å². The molecule has 5 nitrogen and oxygen atoms in total. The first-order valence-electron chi connectivity index (χ1n) is 10.9. The van der Waals surface area contributed by atoms with E-state index in [-0.39, 0.29) is 22.9 Å². The Morgan fingerprint density at radius 3 is 2.60 bits per heavy atom. The number of benzene rings is 2. The number of halogens is 1. The first kappa shape index (κ1) is 23.5. The maximum atomic E-state index is 13.9. The van der Waals surface area contributed by atoms with Crippen LogP contribution in [-0.4, -0.2) is 21.2 Å². The summed E-state index contributed by atoms with van der Waals surface area (Å²) in [6.45, 7) is 0.433. The number of thioether (sulfide) groups is 1. The average molecular weight is 522 g/mol. The maximum Gasteiger partial charge on any atom is 0.263 e. The third-order valence-electron chi connectivity index (χ3n) is 5.39. The lowest BCUT2D eigenvalue weighted by atomic mass is 10.1. The van der Waals surface area contributed by atoms with Gasteiger partial charge >= 0.3 is 0 Å². The number of para-hydroxylation sites is 1. The van der Waals surface area contributed by atoms with Crippen molar-refractivity contribution >= 4 is 56.2 Å². The number of nitrogens with one attached hydrogen (secondary N) is 1. The zero-order chi connectivity index (χ0) is 24.2. The Kier molecular flexibility index (Phi) is 7.08. The van der Waals surface area contributed by atoms with Crippen LogP contribution in [0.15, 0.2) is 87.4 Å². The number of aromatic nitrogens is 2. The van der Waals surface area contributed by atoms with Crippen LogP contribution in [0.2, 0.25) is 0 Å². The topological polar surface area (TPSA) is 64.0 Å². The summed E-state index contributed by atoms with van der Waals surface area (Å²) < 4.78 is 15.6. The number of rotatable bonds is 8. The van der Waals surface area contributed by atoms with Gasteiger partial charge < -0.3 is 5.32 Å². The van der Waals surface area contributed by atoms with Gasteiger partial charge in [-0.25, -0.2) is 9.37 Å². The van der Waals surface area contributed by atoms with Gasteiger partial charge in [0.15, 0.2) is 5.16 Å². The predicted octanol–water partition coefficient (Wildman–Crippen LogP) is 6.30. The molecule has 0 saturated heterocycles. The largest absolute Gasteiger partial charge is 0.323 e. The molecule has 3 aromatic heterocycles. The molecule has 9 heteroatoms. The average Bonchev–Trinajstić information content (AvgIpc) is 3.54. The number of amides is 1. The lowest BCUT2D eigenvalue weighted by Crippen LogP contribution is -2.25. The van der Waals surface area contributed by atoms with Crippen LogP contribution in [-0.2, 0) is 17.8 Å². The number of fused-ring (bicyclic) bond motifs is 1. The molecule has 5 aromatic rings. The molecule has 0 aliphatic carbocycles. The summed E-state index contributed by atoms with van der Waals surface area (Å²) in [4.78, 5) is 32.7. The zero-order valence-corrected chi connectivity index (χ0v) is 20.9. The second-order valence-corrected chi connectivity index (χ2v) is 10.5. The summed E-state index contributed by atoms with van der Waals surface area (Å²) in [5.41, 5.74) is 2.01. The second-order valence-electron chi connectivity index (χ2n) is 7.71. The Bertz CT molecular complexity index is 1530. The van der Waals surface area contributed by atoms with Crippen molar-refractivity contribution in [1.82, 2.24) is 9.55 Å². The maximum absolute atomic E-state index is 13.9. The van der Waals surface area contributed by atoms with Crippen molar-refractivity contribution in [2.45, 2.75) is 18.1 Å². The number of hydrogen-bond donors (Lipinski definition) is 1. The van der Waals surface area contributed by atoms with Crippen LogP contribution in [0.1, 0.15) is 5.56 Å². The van der Waals surface area contributed by atoms with Gasteiger partial charge in [-0.05, 0) is 35.6 Å². The number of nitrogens with zero attached hydrogens (tertiary/aromatic N) is 2. The summed E-state index contributed by atoms with van der Waals surface area (Å²) in [5, 5.41) is 7.61. The van der Waals surface area contributed by atoms with Crippen molar-refractivity contribution in [1.29, 1.82) is 0 Å². The van der Waals surface area contributed by atoms with Gasteiger partial charge in [0.2, 0.25) is 5.91 Å². The van der Waals surface area contributed by atoms with E-state index in [1.54, 1.807) is 28.0 Å². The highest BCUT2D eigenvalue weighted by Crippen LogP contribution is 2.34. The molecule has 1 N–H and O–H groups in total. The standard InChI is InChI=1S/C26H20FN3O2S3/c27-19-9-4-5-10-20(19)28-22(31)16-35-26-29-24-23(18(15-34-24)21-11-6-14-33-21)25(32)30(26)13-12-17-7-2-1-3-8-17/h1-11,14-15H,12-13,16H2,(H,28,31). The molecule has 0 unspecified atom stereocenters. The molecule has 0 atom stereocenters. The number of carbonyl (C=O) groups is 1. The highest BCUT2D eigenvalue weighted by Gasteiger charge is 2.19. The number of hydrogen-bond acceptors (Lipinski definition) is 6. The van der Waals surface area contributed by atoms with Gasteiger partial charge in [0.25, 0.3) is 5.56 Å². The molecule has 2 aromatic carbocycles. The van der Waals surface area contributed by atoms with Crippen LogP contribution in [0.4, 0.5) is 10.1 Å². The molecule has 5 rings (SSSR count). The number of carbonyl (C=O) groups excluding carboxylic acids is 1. The zero-order valence-electron chi connectivity index (χ0n) is 18.4. The van der Waals surface area contributed by atoms with E-state index in [1.165, 1.54) is 35.2 Å². The fourth-order valence-electron chi connectivity index (χ4n) is 3.69.